The fraction of sp³-hybridized carbons (Fsp3) is 0.429. The van der Waals surface area contributed by atoms with Crippen LogP contribution < -0.4 is 10.2 Å². The van der Waals surface area contributed by atoms with Crippen LogP contribution in [-0.4, -0.2) is 50.5 Å². The smallest absolute Gasteiger partial charge is 0.404 e. The van der Waals surface area contributed by atoms with Crippen LogP contribution in [0.2, 0.25) is 5.02 Å². The third-order valence-electron chi connectivity index (χ3n) is 6.68. The standard InChI is InChI=1S/C21H23ClN6O2/c22-14-5-2-1-4-13(14)17-18-19(27-26-17)25-16(12-23-18)28-10-8-21(9-11-28)7-3-6-15(21)24-20(29)30/h1-2,4-5,12,15,24H,3,6-11H2,(H,29,30)(H,25,26,27). The zero-order valence-electron chi connectivity index (χ0n) is 16.4. The molecule has 1 aromatic carbocycles. The van der Waals surface area contributed by atoms with Crippen molar-refractivity contribution in [1.82, 2.24) is 25.5 Å². The Bertz CT molecular complexity index is 1090. The summed E-state index contributed by atoms with van der Waals surface area (Å²) in [4.78, 5) is 22.7. The van der Waals surface area contributed by atoms with Crippen LogP contribution in [0.3, 0.4) is 0 Å². The third-order valence-corrected chi connectivity index (χ3v) is 7.01. The third kappa shape index (κ3) is 3.25. The molecule has 2 aliphatic rings. The number of aromatic amines is 1. The van der Waals surface area contributed by atoms with Crippen LogP contribution in [0.25, 0.3) is 22.4 Å². The largest absolute Gasteiger partial charge is 0.465 e. The number of hydrogen-bond acceptors (Lipinski definition) is 5. The van der Waals surface area contributed by atoms with Gasteiger partial charge in [0.25, 0.3) is 0 Å². The number of hydrogen-bond donors (Lipinski definition) is 3. The number of H-pyrrole nitrogens is 1. The van der Waals surface area contributed by atoms with E-state index in [0.717, 1.165) is 62.3 Å². The number of carboxylic acid groups (broad SMARTS) is 1. The number of anilines is 1. The Hall–Kier alpha value is -2.87. The lowest BCUT2D eigenvalue weighted by molar-refractivity contribution is 0.149. The average molecular weight is 427 g/mol. The second-order valence-electron chi connectivity index (χ2n) is 8.22. The highest BCUT2D eigenvalue weighted by Crippen LogP contribution is 2.47. The first-order valence-electron chi connectivity index (χ1n) is 10.3. The molecule has 1 spiro atoms. The minimum Gasteiger partial charge on any atom is -0.465 e. The zero-order valence-corrected chi connectivity index (χ0v) is 17.2. The molecule has 1 saturated heterocycles. The summed E-state index contributed by atoms with van der Waals surface area (Å²) < 4.78 is 0. The van der Waals surface area contributed by atoms with Crippen LogP contribution in [0.15, 0.2) is 30.5 Å². The maximum absolute atomic E-state index is 11.2. The Morgan fingerprint density at radius 2 is 2.07 bits per heavy atom. The summed E-state index contributed by atoms with van der Waals surface area (Å²) in [6.07, 6.45) is 5.85. The molecular weight excluding hydrogens is 404 g/mol. The number of piperidine rings is 1. The van der Waals surface area contributed by atoms with E-state index < -0.39 is 6.09 Å². The minimum atomic E-state index is -0.923. The lowest BCUT2D eigenvalue weighted by Crippen LogP contribution is -2.50. The topological polar surface area (TPSA) is 107 Å². The summed E-state index contributed by atoms with van der Waals surface area (Å²) in [5.41, 5.74) is 2.94. The summed E-state index contributed by atoms with van der Waals surface area (Å²) in [6.45, 7) is 1.67. The fourth-order valence-corrected chi connectivity index (χ4v) is 5.31. The predicted molar refractivity (Wildman–Crippen MR) is 115 cm³/mol. The number of nitrogens with one attached hydrogen (secondary N) is 2. The van der Waals surface area contributed by atoms with Gasteiger partial charge in [0.05, 0.1) is 16.9 Å². The fourth-order valence-electron chi connectivity index (χ4n) is 5.08. The molecule has 1 atom stereocenters. The molecule has 8 nitrogen and oxygen atoms in total. The Balaban J connectivity index is 1.36. The molecule has 1 unspecified atom stereocenters. The number of amides is 1. The maximum atomic E-state index is 11.2. The van der Waals surface area contributed by atoms with Crippen molar-refractivity contribution in [2.75, 3.05) is 18.0 Å². The first-order valence-corrected chi connectivity index (χ1v) is 10.6. The van der Waals surface area contributed by atoms with Crippen molar-refractivity contribution in [3.05, 3.63) is 35.5 Å². The molecule has 3 aromatic rings. The van der Waals surface area contributed by atoms with Crippen LogP contribution in [0.4, 0.5) is 10.6 Å². The van der Waals surface area contributed by atoms with Crippen LogP contribution >= 0.6 is 11.6 Å². The van der Waals surface area contributed by atoms with Crippen LogP contribution in [0, 0.1) is 5.41 Å². The summed E-state index contributed by atoms with van der Waals surface area (Å²) in [7, 11) is 0. The molecule has 2 fully saturated rings. The maximum Gasteiger partial charge on any atom is 0.404 e. The molecule has 156 valence electrons. The summed E-state index contributed by atoms with van der Waals surface area (Å²) in [6, 6.07) is 7.63. The van der Waals surface area contributed by atoms with Crippen LogP contribution in [-0.2, 0) is 0 Å². The van der Waals surface area contributed by atoms with Gasteiger partial charge in [-0.25, -0.2) is 14.8 Å². The lowest BCUT2D eigenvalue weighted by Gasteiger charge is -2.43. The Morgan fingerprint density at radius 1 is 1.27 bits per heavy atom. The van der Waals surface area contributed by atoms with Gasteiger partial charge in [-0.05, 0) is 37.2 Å². The Labute approximate surface area is 178 Å². The molecule has 3 N–H and O–H groups in total. The summed E-state index contributed by atoms with van der Waals surface area (Å²) in [5, 5.41) is 19.9. The van der Waals surface area contributed by atoms with Gasteiger partial charge in [-0.2, -0.15) is 5.10 Å². The molecule has 3 heterocycles. The number of benzene rings is 1. The second-order valence-corrected chi connectivity index (χ2v) is 8.63. The molecule has 0 bridgehead atoms. The SMILES string of the molecule is O=C(O)NC1CCCC12CCN(c1cnc3c(-c4ccccc4Cl)[nH]nc3n1)CC2. The van der Waals surface area contributed by atoms with E-state index in [9.17, 15) is 4.79 Å². The van der Waals surface area contributed by atoms with Crippen molar-refractivity contribution < 1.29 is 9.90 Å². The van der Waals surface area contributed by atoms with Gasteiger partial charge < -0.3 is 15.3 Å². The van der Waals surface area contributed by atoms with Crippen molar-refractivity contribution in [1.29, 1.82) is 0 Å². The van der Waals surface area contributed by atoms with Gasteiger partial charge in [0.15, 0.2) is 0 Å². The van der Waals surface area contributed by atoms with E-state index in [1.165, 1.54) is 0 Å². The highest BCUT2D eigenvalue weighted by atomic mass is 35.5. The van der Waals surface area contributed by atoms with Gasteiger partial charge in [0.1, 0.15) is 11.3 Å². The molecule has 5 rings (SSSR count). The van der Waals surface area contributed by atoms with E-state index >= 15 is 0 Å². The van der Waals surface area contributed by atoms with Crippen molar-refractivity contribution in [3.63, 3.8) is 0 Å². The van der Waals surface area contributed by atoms with Crippen molar-refractivity contribution >= 4 is 34.7 Å². The number of carbonyl (C=O) groups is 1. The number of aromatic nitrogens is 4. The van der Waals surface area contributed by atoms with Gasteiger partial charge in [-0.1, -0.05) is 36.2 Å². The van der Waals surface area contributed by atoms with Crippen molar-refractivity contribution in [2.24, 2.45) is 5.41 Å². The van der Waals surface area contributed by atoms with Gasteiger partial charge in [-0.15, -0.1) is 0 Å². The molecule has 0 radical (unpaired) electrons. The molecular formula is C21H23ClN6O2. The van der Waals surface area contributed by atoms with Gasteiger partial charge in [-0.3, -0.25) is 5.10 Å². The van der Waals surface area contributed by atoms with E-state index in [4.69, 9.17) is 21.7 Å². The number of nitrogens with zero attached hydrogens (tertiary/aromatic N) is 4. The van der Waals surface area contributed by atoms with Crippen LogP contribution in [0.1, 0.15) is 32.1 Å². The zero-order chi connectivity index (χ0) is 20.7. The number of halogens is 1. The summed E-state index contributed by atoms with van der Waals surface area (Å²) in [5.74, 6) is 0.801. The Kier molecular flexibility index (Phi) is 4.73. The molecule has 1 aliphatic heterocycles. The number of fused-ring (bicyclic) bond motifs is 1. The first-order chi connectivity index (χ1) is 14.6. The molecule has 9 heteroatoms. The van der Waals surface area contributed by atoms with Gasteiger partial charge >= 0.3 is 6.09 Å². The van der Waals surface area contributed by atoms with E-state index in [-0.39, 0.29) is 11.5 Å². The van der Waals surface area contributed by atoms with E-state index in [2.05, 4.69) is 25.4 Å². The highest BCUT2D eigenvalue weighted by Gasteiger charge is 2.45. The van der Waals surface area contributed by atoms with Crippen molar-refractivity contribution in [3.8, 4) is 11.3 Å². The van der Waals surface area contributed by atoms with E-state index in [1.807, 2.05) is 24.3 Å². The molecule has 1 amide bonds. The lowest BCUT2D eigenvalue weighted by atomic mass is 9.74. The van der Waals surface area contributed by atoms with Crippen molar-refractivity contribution in [2.45, 2.75) is 38.1 Å². The monoisotopic (exact) mass is 426 g/mol. The van der Waals surface area contributed by atoms with Gasteiger partial charge in [0.2, 0.25) is 5.65 Å². The quantitative estimate of drug-likeness (QED) is 0.582. The van der Waals surface area contributed by atoms with Crippen LogP contribution in [0.5, 0.6) is 0 Å². The molecule has 2 aromatic heterocycles. The predicted octanol–water partition coefficient (Wildman–Crippen LogP) is 4.08. The van der Waals surface area contributed by atoms with Gasteiger partial charge in [0, 0.05) is 24.7 Å². The normalized spacial score (nSPS) is 20.7. The molecule has 1 saturated carbocycles. The molecule has 1 aliphatic carbocycles. The minimum absolute atomic E-state index is 0.0511. The van der Waals surface area contributed by atoms with E-state index in [0.29, 0.717) is 16.2 Å². The average Bonchev–Trinajstić information content (AvgIpc) is 3.33. The highest BCUT2D eigenvalue weighted by molar-refractivity contribution is 6.33. The Morgan fingerprint density at radius 3 is 2.83 bits per heavy atom. The molecule has 30 heavy (non-hydrogen) atoms. The first kappa shape index (κ1) is 19.1. The summed E-state index contributed by atoms with van der Waals surface area (Å²) >= 11 is 6.33. The number of rotatable bonds is 3. The van der Waals surface area contributed by atoms with E-state index in [1.54, 1.807) is 6.20 Å². The second kappa shape index (κ2) is 7.43.